The number of aliphatic hydroxyl groups is 2. The maximum absolute atomic E-state index is 10.5. The summed E-state index contributed by atoms with van der Waals surface area (Å²) in [5.41, 5.74) is 3.24. The smallest absolute Gasteiger partial charge is 0.241 e. The largest absolute Gasteiger partial charge is 0.393 e. The number of aliphatic hydroxyl groups excluding tert-OH is 1. The zero-order valence-electron chi connectivity index (χ0n) is 22.8. The van der Waals surface area contributed by atoms with E-state index in [2.05, 4.69) is 32.3 Å². The standard InChI is InChI=1S/C28H40N6O4/c1-18(17-37-4)31-27-30-15-24-22(14-23(34(24)32-27)19-5-7-21(35)8-6-19)20-9-10-29-26(13-20)33-11-12-38-25(16-33)28(2,3)36/h9-10,13-15,18-19,21,25,35-36H,5-8,11-12,16-17H2,1-4H3,(H,31,32)/t18-,19-,21-,25?/m0/s1. The second-order valence-electron chi connectivity index (χ2n) is 11.2. The molecule has 0 bridgehead atoms. The third-order valence-corrected chi connectivity index (χ3v) is 7.69. The molecule has 1 aliphatic carbocycles. The molecule has 3 N–H and O–H groups in total. The molecule has 206 valence electrons. The van der Waals surface area contributed by atoms with Crippen molar-refractivity contribution in [3.05, 3.63) is 36.3 Å². The average Bonchev–Trinajstić information content (AvgIpc) is 3.28. The molecule has 1 saturated carbocycles. The summed E-state index contributed by atoms with van der Waals surface area (Å²) in [5, 5.41) is 28.8. The predicted molar refractivity (Wildman–Crippen MR) is 147 cm³/mol. The van der Waals surface area contributed by atoms with Gasteiger partial charge in [0.15, 0.2) is 0 Å². The van der Waals surface area contributed by atoms with Crippen LogP contribution in [0.15, 0.2) is 30.6 Å². The number of rotatable bonds is 8. The van der Waals surface area contributed by atoms with Crippen molar-refractivity contribution < 1.29 is 19.7 Å². The molecule has 0 radical (unpaired) electrons. The van der Waals surface area contributed by atoms with Gasteiger partial charge in [0, 0.05) is 49.6 Å². The molecular weight excluding hydrogens is 484 g/mol. The van der Waals surface area contributed by atoms with E-state index in [1.165, 1.54) is 0 Å². The van der Waals surface area contributed by atoms with E-state index in [9.17, 15) is 10.2 Å². The van der Waals surface area contributed by atoms with Crippen LogP contribution in [0.2, 0.25) is 0 Å². The molecule has 2 aliphatic rings. The van der Waals surface area contributed by atoms with Gasteiger partial charge in [-0.3, -0.25) is 0 Å². The number of hydrogen-bond donors (Lipinski definition) is 3. The lowest BCUT2D eigenvalue weighted by atomic mass is 9.85. The molecule has 1 aliphatic heterocycles. The zero-order valence-corrected chi connectivity index (χ0v) is 22.8. The lowest BCUT2D eigenvalue weighted by Crippen LogP contribution is -2.52. The minimum atomic E-state index is -0.929. The second kappa shape index (κ2) is 11.1. The molecule has 2 fully saturated rings. The number of nitrogens with zero attached hydrogens (tertiary/aromatic N) is 5. The molecule has 38 heavy (non-hydrogen) atoms. The van der Waals surface area contributed by atoms with E-state index in [-0.39, 0.29) is 18.2 Å². The van der Waals surface area contributed by atoms with Crippen LogP contribution in [0, 0.1) is 0 Å². The first kappa shape index (κ1) is 26.8. The van der Waals surface area contributed by atoms with Crippen molar-refractivity contribution >= 4 is 17.3 Å². The van der Waals surface area contributed by atoms with E-state index < -0.39 is 5.60 Å². The highest BCUT2D eigenvalue weighted by Crippen LogP contribution is 2.38. The monoisotopic (exact) mass is 524 g/mol. The molecule has 1 saturated heterocycles. The van der Waals surface area contributed by atoms with Gasteiger partial charge < -0.3 is 29.9 Å². The number of morpholine rings is 1. The Morgan fingerprint density at radius 2 is 2.00 bits per heavy atom. The number of anilines is 2. The van der Waals surface area contributed by atoms with Crippen molar-refractivity contribution in [2.75, 3.05) is 43.6 Å². The molecule has 10 nitrogen and oxygen atoms in total. The van der Waals surface area contributed by atoms with Gasteiger partial charge in [-0.1, -0.05) is 0 Å². The van der Waals surface area contributed by atoms with E-state index in [1.807, 2.05) is 29.9 Å². The van der Waals surface area contributed by atoms with Gasteiger partial charge in [-0.25, -0.2) is 14.5 Å². The first-order valence-electron chi connectivity index (χ1n) is 13.6. The van der Waals surface area contributed by atoms with Crippen LogP contribution in [0.1, 0.15) is 58.1 Å². The third-order valence-electron chi connectivity index (χ3n) is 7.69. The summed E-state index contributed by atoms with van der Waals surface area (Å²) in [6, 6.07) is 6.43. The summed E-state index contributed by atoms with van der Waals surface area (Å²) >= 11 is 0. The van der Waals surface area contributed by atoms with Crippen LogP contribution >= 0.6 is 0 Å². The number of pyridine rings is 1. The summed E-state index contributed by atoms with van der Waals surface area (Å²) < 4.78 is 13.1. The minimum Gasteiger partial charge on any atom is -0.393 e. The Labute approximate surface area is 224 Å². The Bertz CT molecular complexity index is 1230. The lowest BCUT2D eigenvalue weighted by molar-refractivity contribution is -0.0929. The van der Waals surface area contributed by atoms with Crippen LogP contribution in [0.5, 0.6) is 0 Å². The Morgan fingerprint density at radius 1 is 1.21 bits per heavy atom. The third kappa shape index (κ3) is 5.78. The Balaban J connectivity index is 1.51. The number of methoxy groups -OCH3 is 1. The predicted octanol–water partition coefficient (Wildman–Crippen LogP) is 3.23. The fourth-order valence-electron chi connectivity index (χ4n) is 5.53. The van der Waals surface area contributed by atoms with Gasteiger partial charge in [-0.15, -0.1) is 5.10 Å². The van der Waals surface area contributed by atoms with Gasteiger partial charge in [0.05, 0.1) is 36.6 Å². The highest BCUT2D eigenvalue weighted by Gasteiger charge is 2.33. The van der Waals surface area contributed by atoms with Crippen molar-refractivity contribution in [1.82, 2.24) is 19.6 Å². The van der Waals surface area contributed by atoms with Crippen molar-refractivity contribution in [1.29, 1.82) is 0 Å². The van der Waals surface area contributed by atoms with Crippen LogP contribution < -0.4 is 10.2 Å². The number of hydrogen-bond acceptors (Lipinski definition) is 9. The molecule has 0 amide bonds. The molecule has 5 rings (SSSR count). The van der Waals surface area contributed by atoms with E-state index in [0.717, 1.165) is 53.8 Å². The number of ether oxygens (including phenoxy) is 2. The van der Waals surface area contributed by atoms with Crippen LogP contribution in [-0.2, 0) is 9.47 Å². The average molecular weight is 525 g/mol. The van der Waals surface area contributed by atoms with E-state index >= 15 is 0 Å². The van der Waals surface area contributed by atoms with Crippen LogP contribution in [0.3, 0.4) is 0 Å². The fourth-order valence-corrected chi connectivity index (χ4v) is 5.53. The maximum Gasteiger partial charge on any atom is 0.241 e. The Morgan fingerprint density at radius 3 is 2.74 bits per heavy atom. The van der Waals surface area contributed by atoms with Crippen LogP contribution in [-0.4, -0.2) is 87.1 Å². The summed E-state index contributed by atoms with van der Waals surface area (Å²) in [6.45, 7) is 7.98. The topological polar surface area (TPSA) is 117 Å². The van der Waals surface area contributed by atoms with Crippen molar-refractivity contribution in [3.63, 3.8) is 0 Å². The fraction of sp³-hybridized carbons (Fsp3) is 0.607. The first-order chi connectivity index (χ1) is 18.2. The molecule has 0 aromatic carbocycles. The summed E-state index contributed by atoms with van der Waals surface area (Å²) in [4.78, 5) is 11.5. The normalized spacial score (nSPS) is 23.5. The molecule has 4 heterocycles. The summed E-state index contributed by atoms with van der Waals surface area (Å²) in [7, 11) is 1.68. The second-order valence-corrected chi connectivity index (χ2v) is 11.2. The Kier molecular flexibility index (Phi) is 7.85. The lowest BCUT2D eigenvalue weighted by Gasteiger charge is -2.39. The van der Waals surface area contributed by atoms with Crippen molar-refractivity contribution in [2.45, 2.75) is 76.2 Å². The van der Waals surface area contributed by atoms with Gasteiger partial charge in [0.2, 0.25) is 5.95 Å². The molecule has 2 atom stereocenters. The zero-order chi connectivity index (χ0) is 26.9. The first-order valence-corrected chi connectivity index (χ1v) is 13.6. The SMILES string of the molecule is COC[C@H](C)Nc1ncc2c(-c3ccnc(N4CCOC(C(C)(C)O)C4)c3)cc([C@H]3CC[C@H](O)CC3)n2n1. The van der Waals surface area contributed by atoms with Gasteiger partial charge in [-0.05, 0) is 70.2 Å². The van der Waals surface area contributed by atoms with Gasteiger partial charge in [0.1, 0.15) is 11.9 Å². The van der Waals surface area contributed by atoms with E-state index in [4.69, 9.17) is 14.6 Å². The van der Waals surface area contributed by atoms with Gasteiger partial charge in [-0.2, -0.15) is 0 Å². The van der Waals surface area contributed by atoms with Crippen molar-refractivity contribution in [3.8, 4) is 11.1 Å². The minimum absolute atomic E-state index is 0.0739. The maximum atomic E-state index is 10.5. The van der Waals surface area contributed by atoms with Crippen LogP contribution in [0.4, 0.5) is 11.8 Å². The van der Waals surface area contributed by atoms with Crippen molar-refractivity contribution in [2.24, 2.45) is 0 Å². The molecule has 1 unspecified atom stereocenters. The quantitative estimate of drug-likeness (QED) is 0.408. The Hall–Kier alpha value is -2.79. The summed E-state index contributed by atoms with van der Waals surface area (Å²) in [6.07, 6.45) is 6.65. The molecule has 10 heteroatoms. The number of nitrogens with one attached hydrogen (secondary N) is 1. The molecule has 3 aromatic rings. The van der Waals surface area contributed by atoms with E-state index in [0.29, 0.717) is 38.2 Å². The number of fused-ring (bicyclic) bond motifs is 1. The van der Waals surface area contributed by atoms with E-state index in [1.54, 1.807) is 21.0 Å². The molecule has 3 aromatic heterocycles. The molecule has 0 spiro atoms. The van der Waals surface area contributed by atoms with Gasteiger partial charge in [0.25, 0.3) is 0 Å². The number of aromatic nitrogens is 4. The highest BCUT2D eigenvalue weighted by molar-refractivity contribution is 5.82. The highest BCUT2D eigenvalue weighted by atomic mass is 16.5. The van der Waals surface area contributed by atoms with Gasteiger partial charge >= 0.3 is 0 Å². The molecular formula is C28H40N6O4. The van der Waals surface area contributed by atoms with Crippen LogP contribution in [0.25, 0.3) is 16.6 Å². The summed E-state index contributed by atoms with van der Waals surface area (Å²) in [5.74, 6) is 1.73.